The Bertz CT molecular complexity index is 1750. The van der Waals surface area contributed by atoms with Gasteiger partial charge in [-0.2, -0.15) is 0 Å². The van der Waals surface area contributed by atoms with Crippen LogP contribution in [0.3, 0.4) is 0 Å². The van der Waals surface area contributed by atoms with Gasteiger partial charge in [0.15, 0.2) is 0 Å². The highest BCUT2D eigenvalue weighted by atomic mass is 16.2. The average Bonchev–Trinajstić information content (AvgIpc) is 3.71. The van der Waals surface area contributed by atoms with Crippen molar-refractivity contribution in [3.8, 4) is 0 Å². The second-order valence-electron chi connectivity index (χ2n) is 10.9. The first-order valence-corrected chi connectivity index (χ1v) is 15.8. The Hall–Kier alpha value is -3.99. The van der Waals surface area contributed by atoms with Crippen molar-refractivity contribution >= 4 is 35.4 Å². The number of rotatable bonds is 8. The first kappa shape index (κ1) is 29.5. The van der Waals surface area contributed by atoms with Crippen LogP contribution in [0, 0.1) is 0 Å². The lowest BCUT2D eigenvalue weighted by Gasteiger charge is -2.07. The minimum atomic E-state index is 0.844. The van der Waals surface area contributed by atoms with Gasteiger partial charge in [0.2, 0.25) is 0 Å². The molecule has 1 aromatic rings. The van der Waals surface area contributed by atoms with E-state index >= 15 is 0 Å². The maximum atomic E-state index is 9.53. The lowest BCUT2D eigenvalue weighted by atomic mass is 9.95. The van der Waals surface area contributed by atoms with Crippen LogP contribution >= 0.6 is 0 Å². The van der Waals surface area contributed by atoms with E-state index < -0.39 is 0 Å². The molecule has 8 bridgehead atoms. The smallest absolute Gasteiger partial charge is 0.0791 e. The largest absolute Gasteiger partial charge is 0.516 e. The highest BCUT2D eigenvalue weighted by Gasteiger charge is 2.27. The Morgan fingerprint density at radius 2 is 1.00 bits per heavy atom. The molecule has 0 aromatic carbocycles. The number of aromatic amines is 1. The SMILES string of the molecule is CCC1=C(CC)C2=NC1=CC1=NC(=Cc3[nH]c(c(=CC=CO)c3CC)=CC3=NC(=C2)C(CC)=C3CC)C(CC)=C1CC. The maximum absolute atomic E-state index is 9.53. The van der Waals surface area contributed by atoms with Crippen LogP contribution in [0.1, 0.15) is 98.2 Å². The van der Waals surface area contributed by atoms with Crippen LogP contribution in [0.15, 0.2) is 90.0 Å². The Balaban J connectivity index is 1.92. The van der Waals surface area contributed by atoms with Gasteiger partial charge in [0, 0.05) is 16.3 Å². The van der Waals surface area contributed by atoms with Crippen LogP contribution in [-0.2, 0) is 6.42 Å². The number of allylic oxidation sites excluding steroid dienone is 9. The molecule has 0 amide bonds. The zero-order valence-corrected chi connectivity index (χ0v) is 26.3. The summed E-state index contributed by atoms with van der Waals surface area (Å²) < 4.78 is 0. The average molecular weight is 561 g/mol. The Kier molecular flexibility index (Phi) is 8.77. The zero-order valence-electron chi connectivity index (χ0n) is 26.3. The lowest BCUT2D eigenvalue weighted by Crippen LogP contribution is -2.26. The molecule has 0 radical (unpaired) electrons. The standard InChI is InChI=1S/C37H44N4O/c1-8-22-23(9-2)31-19-33-26(12-5)27(13-6)35(40-33)21-37-29(16-15-17-42)28(14-7)36(41-37)20-34-25(11-4)24(10-3)32(39-34)18-30(22)38-31/h15-21,41-42H,8-14H2,1-7H3. The molecule has 0 atom stereocenters. The third-order valence-electron chi connectivity index (χ3n) is 8.81. The summed E-state index contributed by atoms with van der Waals surface area (Å²) in [4.78, 5) is 19.5. The summed E-state index contributed by atoms with van der Waals surface area (Å²) >= 11 is 0. The molecular formula is C37H44N4O. The van der Waals surface area contributed by atoms with Crippen molar-refractivity contribution in [2.24, 2.45) is 15.0 Å². The second-order valence-corrected chi connectivity index (χ2v) is 10.9. The number of hydrogen-bond donors (Lipinski definition) is 2. The highest BCUT2D eigenvalue weighted by molar-refractivity contribution is 6.24. The molecule has 1 aromatic heterocycles. The molecule has 5 heteroatoms. The fourth-order valence-electron chi connectivity index (χ4n) is 6.88. The van der Waals surface area contributed by atoms with E-state index in [9.17, 15) is 5.11 Å². The fraction of sp³-hybridized carbons (Fsp3) is 0.378. The van der Waals surface area contributed by atoms with Gasteiger partial charge in [-0.25, -0.2) is 15.0 Å². The summed E-state index contributed by atoms with van der Waals surface area (Å²) in [6, 6.07) is 0. The third kappa shape index (κ3) is 4.99. The molecular weight excluding hydrogens is 516 g/mol. The van der Waals surface area contributed by atoms with E-state index in [1.807, 2.05) is 6.08 Å². The molecule has 0 saturated heterocycles. The molecule has 0 unspecified atom stereocenters. The first-order valence-electron chi connectivity index (χ1n) is 15.8. The summed E-state index contributed by atoms with van der Waals surface area (Å²) in [5.74, 6) is 0. The van der Waals surface area contributed by atoms with E-state index in [1.165, 1.54) is 39.0 Å². The molecule has 218 valence electrons. The minimum absolute atomic E-state index is 0.844. The molecule has 5 rings (SSSR count). The van der Waals surface area contributed by atoms with Crippen LogP contribution in [0.5, 0.6) is 0 Å². The van der Waals surface area contributed by atoms with Crippen LogP contribution in [-0.4, -0.2) is 27.2 Å². The van der Waals surface area contributed by atoms with E-state index in [1.54, 1.807) is 6.08 Å². The monoisotopic (exact) mass is 560 g/mol. The van der Waals surface area contributed by atoms with Crippen LogP contribution in [0.2, 0.25) is 0 Å². The zero-order chi connectivity index (χ0) is 30.0. The van der Waals surface area contributed by atoms with Crippen LogP contribution in [0.25, 0.3) is 18.2 Å². The predicted molar refractivity (Wildman–Crippen MR) is 179 cm³/mol. The van der Waals surface area contributed by atoms with Gasteiger partial charge in [-0.15, -0.1) is 0 Å². The van der Waals surface area contributed by atoms with Gasteiger partial charge < -0.3 is 10.1 Å². The second kappa shape index (κ2) is 12.5. The number of fused-ring (bicyclic) bond motifs is 5. The number of aromatic nitrogens is 1. The molecule has 2 N–H and O–H groups in total. The number of aliphatic imine (C=N–C) groups is 3. The third-order valence-corrected chi connectivity index (χ3v) is 8.81. The summed E-state index contributed by atoms with van der Waals surface area (Å²) in [7, 11) is 0. The number of hydrogen-bond acceptors (Lipinski definition) is 4. The van der Waals surface area contributed by atoms with E-state index in [0.717, 1.165) is 102 Å². The van der Waals surface area contributed by atoms with Gasteiger partial charge in [0.25, 0.3) is 0 Å². The van der Waals surface area contributed by atoms with Crippen molar-refractivity contribution in [3.05, 3.63) is 96.8 Å². The van der Waals surface area contributed by atoms with E-state index in [4.69, 9.17) is 15.0 Å². The van der Waals surface area contributed by atoms with Crippen molar-refractivity contribution in [3.63, 3.8) is 0 Å². The molecule has 5 nitrogen and oxygen atoms in total. The fourth-order valence-corrected chi connectivity index (χ4v) is 6.88. The van der Waals surface area contributed by atoms with Gasteiger partial charge in [0.1, 0.15) is 0 Å². The molecule has 5 heterocycles. The van der Waals surface area contributed by atoms with Crippen molar-refractivity contribution < 1.29 is 5.11 Å². The number of H-pyrrole nitrogens is 1. The van der Waals surface area contributed by atoms with Crippen LogP contribution in [0.4, 0.5) is 0 Å². The lowest BCUT2D eigenvalue weighted by molar-refractivity contribution is 0.474. The van der Waals surface area contributed by atoms with Gasteiger partial charge in [0.05, 0.1) is 40.5 Å². The van der Waals surface area contributed by atoms with Crippen LogP contribution < -0.4 is 10.6 Å². The molecule has 0 fully saturated rings. The number of aliphatic hydroxyl groups is 1. The topological polar surface area (TPSA) is 73.1 Å². The van der Waals surface area contributed by atoms with Gasteiger partial charge in [-0.3, -0.25) is 0 Å². The van der Waals surface area contributed by atoms with Crippen molar-refractivity contribution in [2.75, 3.05) is 0 Å². The van der Waals surface area contributed by atoms with E-state index in [2.05, 4.69) is 77.8 Å². The molecule has 4 aliphatic heterocycles. The van der Waals surface area contributed by atoms with Gasteiger partial charge in [-0.1, -0.05) is 48.5 Å². The Morgan fingerprint density at radius 3 is 1.40 bits per heavy atom. The Labute approximate surface area is 250 Å². The summed E-state index contributed by atoms with van der Waals surface area (Å²) in [6.45, 7) is 15.5. The minimum Gasteiger partial charge on any atom is -0.516 e. The molecule has 0 saturated carbocycles. The van der Waals surface area contributed by atoms with Gasteiger partial charge in [-0.05, 0) is 120 Å². The van der Waals surface area contributed by atoms with Crippen molar-refractivity contribution in [1.82, 2.24) is 4.98 Å². The Morgan fingerprint density at radius 1 is 0.571 bits per heavy atom. The van der Waals surface area contributed by atoms with E-state index in [0.29, 0.717) is 0 Å². The highest BCUT2D eigenvalue weighted by Crippen LogP contribution is 2.37. The summed E-state index contributed by atoms with van der Waals surface area (Å²) in [5.41, 5.74) is 16.2. The molecule has 4 aliphatic rings. The maximum Gasteiger partial charge on any atom is 0.0791 e. The number of nitrogens with zero attached hydrogens (tertiary/aromatic N) is 3. The normalized spacial score (nSPS) is 19.0. The predicted octanol–water partition coefficient (Wildman–Crippen LogP) is 8.05. The van der Waals surface area contributed by atoms with Crippen molar-refractivity contribution in [2.45, 2.75) is 93.4 Å². The number of nitrogens with one attached hydrogen (secondary N) is 1. The molecule has 0 aliphatic carbocycles. The van der Waals surface area contributed by atoms with Gasteiger partial charge >= 0.3 is 0 Å². The summed E-state index contributed by atoms with van der Waals surface area (Å²) in [6.07, 6.45) is 20.0. The molecule has 42 heavy (non-hydrogen) atoms. The first-order chi connectivity index (χ1) is 20.5. The summed E-state index contributed by atoms with van der Waals surface area (Å²) in [5, 5.41) is 11.6. The number of aliphatic hydroxyl groups excluding tert-OH is 1. The van der Waals surface area contributed by atoms with Crippen molar-refractivity contribution in [1.29, 1.82) is 0 Å². The van der Waals surface area contributed by atoms with E-state index in [-0.39, 0.29) is 0 Å². The quantitative estimate of drug-likeness (QED) is 0.310. The molecule has 0 spiro atoms.